The predicted molar refractivity (Wildman–Crippen MR) is 73.9 cm³/mol. The van der Waals surface area contributed by atoms with Crippen LogP contribution in [0.25, 0.3) is 0 Å². The van der Waals surface area contributed by atoms with Gasteiger partial charge in [-0.2, -0.15) is 0 Å². The van der Waals surface area contributed by atoms with Crippen molar-refractivity contribution in [3.63, 3.8) is 0 Å². The highest BCUT2D eigenvalue weighted by atomic mass is 16.5. The fourth-order valence-corrected chi connectivity index (χ4v) is 2.21. The Balaban J connectivity index is 2.40. The molecule has 98 valence electrons. The Hall–Kier alpha value is -2.29. The lowest BCUT2D eigenvalue weighted by Crippen LogP contribution is -2.04. The Bertz CT molecular complexity index is 588. The molecule has 0 amide bonds. The van der Waals surface area contributed by atoms with Gasteiger partial charge in [-0.05, 0) is 36.1 Å². The van der Waals surface area contributed by atoms with E-state index in [4.69, 9.17) is 4.74 Å². The number of carboxylic acids is 1. The quantitative estimate of drug-likeness (QED) is 0.913. The van der Waals surface area contributed by atoms with Crippen molar-refractivity contribution in [2.45, 2.75) is 13.3 Å². The number of ether oxygens (including phenoxy) is 1. The maximum atomic E-state index is 11.3. The minimum Gasteiger partial charge on any atom is -0.496 e. The molecule has 2 rings (SSSR count). The van der Waals surface area contributed by atoms with Gasteiger partial charge in [-0.15, -0.1) is 0 Å². The van der Waals surface area contributed by atoms with Gasteiger partial charge in [0.1, 0.15) is 11.3 Å². The molecule has 0 spiro atoms. The van der Waals surface area contributed by atoms with Crippen molar-refractivity contribution in [2.24, 2.45) is 0 Å². The largest absolute Gasteiger partial charge is 0.496 e. The normalized spacial score (nSPS) is 10.2. The number of hydrogen-bond acceptors (Lipinski definition) is 2. The Morgan fingerprint density at radius 2 is 1.84 bits per heavy atom. The Morgan fingerprint density at radius 1 is 1.16 bits per heavy atom. The Labute approximate surface area is 112 Å². The van der Waals surface area contributed by atoms with Gasteiger partial charge in [0.25, 0.3) is 0 Å². The average molecular weight is 256 g/mol. The van der Waals surface area contributed by atoms with Gasteiger partial charge in [-0.1, -0.05) is 36.4 Å². The third-order valence-corrected chi connectivity index (χ3v) is 3.02. The predicted octanol–water partition coefficient (Wildman–Crippen LogP) is 3.29. The van der Waals surface area contributed by atoms with Crippen LogP contribution in [-0.2, 0) is 6.42 Å². The molecule has 0 heterocycles. The van der Waals surface area contributed by atoms with Crippen molar-refractivity contribution >= 4 is 5.97 Å². The number of carboxylic acid groups (broad SMARTS) is 1. The molecule has 3 heteroatoms. The number of hydrogen-bond donors (Lipinski definition) is 1. The number of rotatable bonds is 4. The van der Waals surface area contributed by atoms with Gasteiger partial charge in [0.15, 0.2) is 0 Å². The van der Waals surface area contributed by atoms with Crippen molar-refractivity contribution in [1.29, 1.82) is 0 Å². The fourth-order valence-electron chi connectivity index (χ4n) is 2.21. The summed E-state index contributed by atoms with van der Waals surface area (Å²) < 4.78 is 5.16. The molecular formula is C16H16O3. The lowest BCUT2D eigenvalue weighted by atomic mass is 9.99. The van der Waals surface area contributed by atoms with Crippen LogP contribution in [0.3, 0.4) is 0 Å². The minimum absolute atomic E-state index is 0.216. The smallest absolute Gasteiger partial charge is 0.339 e. The summed E-state index contributed by atoms with van der Waals surface area (Å²) in [6.07, 6.45) is 0.714. The highest BCUT2D eigenvalue weighted by molar-refractivity contribution is 5.91. The van der Waals surface area contributed by atoms with E-state index in [1.54, 1.807) is 6.07 Å². The van der Waals surface area contributed by atoms with Crippen LogP contribution in [0.5, 0.6) is 5.75 Å². The molecule has 19 heavy (non-hydrogen) atoms. The van der Waals surface area contributed by atoms with E-state index in [2.05, 4.69) is 0 Å². The number of benzene rings is 2. The van der Waals surface area contributed by atoms with Crippen molar-refractivity contribution in [3.05, 3.63) is 64.7 Å². The molecule has 0 fully saturated rings. The van der Waals surface area contributed by atoms with E-state index in [9.17, 15) is 9.90 Å². The lowest BCUT2D eigenvalue weighted by Gasteiger charge is -2.11. The zero-order valence-electron chi connectivity index (χ0n) is 11.0. The van der Waals surface area contributed by atoms with E-state index >= 15 is 0 Å². The van der Waals surface area contributed by atoms with Crippen LogP contribution < -0.4 is 4.74 Å². The molecule has 0 saturated heterocycles. The molecule has 0 atom stereocenters. The molecule has 0 aliphatic rings. The van der Waals surface area contributed by atoms with Crippen molar-refractivity contribution in [2.75, 3.05) is 7.11 Å². The second kappa shape index (κ2) is 5.57. The summed E-state index contributed by atoms with van der Waals surface area (Å²) in [6, 6.07) is 13.6. The standard InChI is InChI=1S/C16H16O3/c1-11-8-13(9-12-6-4-3-5-7-12)10-14(16(17)18)15(11)19-2/h3-8,10H,9H2,1-2H3,(H,17,18). The first-order valence-corrected chi connectivity index (χ1v) is 6.06. The molecule has 0 aromatic heterocycles. The van der Waals surface area contributed by atoms with Gasteiger partial charge >= 0.3 is 5.97 Å². The summed E-state index contributed by atoms with van der Waals surface area (Å²) in [5.74, 6) is -0.529. The van der Waals surface area contributed by atoms with Gasteiger partial charge < -0.3 is 9.84 Å². The van der Waals surface area contributed by atoms with E-state index in [0.717, 1.165) is 16.7 Å². The first-order valence-electron chi connectivity index (χ1n) is 6.06. The summed E-state index contributed by atoms with van der Waals surface area (Å²) in [5.41, 5.74) is 3.19. The topological polar surface area (TPSA) is 46.5 Å². The number of aryl methyl sites for hydroxylation is 1. The first kappa shape index (κ1) is 13.1. The molecule has 0 saturated carbocycles. The zero-order valence-corrected chi connectivity index (χ0v) is 11.0. The highest BCUT2D eigenvalue weighted by Gasteiger charge is 2.14. The summed E-state index contributed by atoms with van der Waals surface area (Å²) in [4.78, 5) is 11.3. The Morgan fingerprint density at radius 3 is 2.42 bits per heavy atom. The van der Waals surface area contributed by atoms with Gasteiger partial charge in [0.2, 0.25) is 0 Å². The van der Waals surface area contributed by atoms with Crippen LogP contribution in [-0.4, -0.2) is 18.2 Å². The molecule has 0 aliphatic carbocycles. The second-order valence-electron chi connectivity index (χ2n) is 4.46. The van der Waals surface area contributed by atoms with Crippen LogP contribution in [0.2, 0.25) is 0 Å². The van der Waals surface area contributed by atoms with E-state index in [1.807, 2.05) is 43.3 Å². The summed E-state index contributed by atoms with van der Waals surface area (Å²) in [7, 11) is 1.49. The molecule has 0 radical (unpaired) electrons. The van der Waals surface area contributed by atoms with Crippen molar-refractivity contribution < 1.29 is 14.6 Å². The van der Waals surface area contributed by atoms with Crippen LogP contribution in [0.4, 0.5) is 0 Å². The van der Waals surface area contributed by atoms with Crippen molar-refractivity contribution in [1.82, 2.24) is 0 Å². The van der Waals surface area contributed by atoms with Gasteiger partial charge in [0.05, 0.1) is 7.11 Å². The van der Waals surface area contributed by atoms with E-state index in [0.29, 0.717) is 12.2 Å². The number of carbonyl (C=O) groups is 1. The fraction of sp³-hybridized carbons (Fsp3) is 0.188. The molecule has 1 N–H and O–H groups in total. The van der Waals surface area contributed by atoms with Crippen LogP contribution in [0.1, 0.15) is 27.0 Å². The van der Waals surface area contributed by atoms with Crippen LogP contribution in [0, 0.1) is 6.92 Å². The van der Waals surface area contributed by atoms with E-state index < -0.39 is 5.97 Å². The lowest BCUT2D eigenvalue weighted by molar-refractivity contribution is 0.0693. The van der Waals surface area contributed by atoms with Crippen molar-refractivity contribution in [3.8, 4) is 5.75 Å². The summed E-state index contributed by atoms with van der Waals surface area (Å²) >= 11 is 0. The van der Waals surface area contributed by atoms with E-state index in [-0.39, 0.29) is 5.56 Å². The zero-order chi connectivity index (χ0) is 13.8. The van der Waals surface area contributed by atoms with E-state index in [1.165, 1.54) is 7.11 Å². The second-order valence-corrected chi connectivity index (χ2v) is 4.46. The minimum atomic E-state index is -0.963. The molecule has 0 bridgehead atoms. The molecule has 3 nitrogen and oxygen atoms in total. The average Bonchev–Trinajstić information content (AvgIpc) is 2.39. The van der Waals surface area contributed by atoms with Gasteiger partial charge in [-0.25, -0.2) is 4.79 Å². The third-order valence-electron chi connectivity index (χ3n) is 3.02. The summed E-state index contributed by atoms with van der Waals surface area (Å²) in [5, 5.41) is 9.23. The molecule has 2 aromatic rings. The van der Waals surface area contributed by atoms with Gasteiger partial charge in [0, 0.05) is 0 Å². The molecule has 0 aliphatic heterocycles. The third kappa shape index (κ3) is 2.94. The Kier molecular flexibility index (Phi) is 3.85. The number of methoxy groups -OCH3 is 1. The number of aromatic carboxylic acids is 1. The molecule has 2 aromatic carbocycles. The maximum Gasteiger partial charge on any atom is 0.339 e. The van der Waals surface area contributed by atoms with Crippen LogP contribution >= 0.6 is 0 Å². The highest BCUT2D eigenvalue weighted by Crippen LogP contribution is 2.26. The first-order chi connectivity index (χ1) is 9.11. The monoisotopic (exact) mass is 256 g/mol. The summed E-state index contributed by atoms with van der Waals surface area (Å²) in [6.45, 7) is 1.86. The molecular weight excluding hydrogens is 240 g/mol. The van der Waals surface area contributed by atoms with Crippen LogP contribution in [0.15, 0.2) is 42.5 Å². The molecule has 0 unspecified atom stereocenters. The SMILES string of the molecule is COc1c(C)cc(Cc2ccccc2)cc1C(=O)O. The maximum absolute atomic E-state index is 11.3. The van der Waals surface area contributed by atoms with Gasteiger partial charge in [-0.3, -0.25) is 0 Å².